The Morgan fingerprint density at radius 2 is 2.20 bits per heavy atom. The third-order valence-corrected chi connectivity index (χ3v) is 3.45. The molecule has 1 aromatic carbocycles. The summed E-state index contributed by atoms with van der Waals surface area (Å²) in [5.41, 5.74) is 0.958. The highest BCUT2D eigenvalue weighted by Crippen LogP contribution is 2.32. The molecule has 1 aliphatic rings. The summed E-state index contributed by atoms with van der Waals surface area (Å²) in [7, 11) is 0. The molecular formula is C12H16BrNO. The first-order chi connectivity index (χ1) is 7.27. The van der Waals surface area contributed by atoms with Crippen molar-refractivity contribution >= 4 is 15.9 Å². The molecule has 0 radical (unpaired) electrons. The fraction of sp³-hybridized carbons (Fsp3) is 0.500. The lowest BCUT2D eigenvalue weighted by molar-refractivity contribution is 0.460. The number of aromatic hydroxyl groups is 1. The van der Waals surface area contributed by atoms with Gasteiger partial charge in [-0.2, -0.15) is 0 Å². The van der Waals surface area contributed by atoms with E-state index in [4.69, 9.17) is 0 Å². The molecule has 2 N–H and O–H groups in total. The Kier molecular flexibility index (Phi) is 3.65. The van der Waals surface area contributed by atoms with Crippen LogP contribution >= 0.6 is 15.9 Å². The molecule has 0 aliphatic heterocycles. The number of halogens is 1. The van der Waals surface area contributed by atoms with Crippen molar-refractivity contribution in [1.82, 2.24) is 5.32 Å². The number of para-hydroxylation sites is 1. The smallest absolute Gasteiger partial charge is 0.134 e. The van der Waals surface area contributed by atoms with Gasteiger partial charge in [0.15, 0.2) is 0 Å². The van der Waals surface area contributed by atoms with Crippen LogP contribution in [0.4, 0.5) is 0 Å². The van der Waals surface area contributed by atoms with Crippen LogP contribution in [0.3, 0.4) is 0 Å². The van der Waals surface area contributed by atoms with Crippen LogP contribution in [0.1, 0.15) is 24.8 Å². The molecule has 1 saturated carbocycles. The molecule has 1 aliphatic carbocycles. The summed E-state index contributed by atoms with van der Waals surface area (Å²) in [5.74, 6) is 1.32. The monoisotopic (exact) mass is 269 g/mol. The molecule has 15 heavy (non-hydrogen) atoms. The van der Waals surface area contributed by atoms with Gasteiger partial charge in [0, 0.05) is 12.1 Å². The molecule has 1 fully saturated rings. The van der Waals surface area contributed by atoms with Crippen molar-refractivity contribution in [3.8, 4) is 5.75 Å². The molecule has 0 spiro atoms. The number of hydrogen-bond donors (Lipinski definition) is 2. The molecule has 0 saturated heterocycles. The number of phenols is 1. The van der Waals surface area contributed by atoms with E-state index in [9.17, 15) is 5.11 Å². The number of benzene rings is 1. The number of phenolic OH excluding ortho intramolecular Hbond substituents is 1. The zero-order valence-corrected chi connectivity index (χ0v) is 10.3. The van der Waals surface area contributed by atoms with Crippen molar-refractivity contribution in [2.45, 2.75) is 25.8 Å². The maximum Gasteiger partial charge on any atom is 0.134 e. The SMILES string of the molecule is Oc1c(Br)cccc1CNCCC1CC1. The minimum atomic E-state index is 0.358. The Bertz CT molecular complexity index is 336. The maximum atomic E-state index is 9.73. The summed E-state index contributed by atoms with van der Waals surface area (Å²) in [5, 5.41) is 13.1. The number of nitrogens with one attached hydrogen (secondary N) is 1. The normalized spacial score (nSPS) is 15.5. The fourth-order valence-electron chi connectivity index (χ4n) is 1.64. The van der Waals surface area contributed by atoms with Crippen LogP contribution in [0.2, 0.25) is 0 Å². The van der Waals surface area contributed by atoms with E-state index >= 15 is 0 Å². The lowest BCUT2D eigenvalue weighted by Crippen LogP contribution is -2.15. The molecule has 0 bridgehead atoms. The summed E-state index contributed by atoms with van der Waals surface area (Å²) in [4.78, 5) is 0. The van der Waals surface area contributed by atoms with Gasteiger partial charge in [-0.3, -0.25) is 0 Å². The van der Waals surface area contributed by atoms with Gasteiger partial charge < -0.3 is 10.4 Å². The highest BCUT2D eigenvalue weighted by atomic mass is 79.9. The summed E-state index contributed by atoms with van der Waals surface area (Å²) >= 11 is 3.31. The Morgan fingerprint density at radius 1 is 1.40 bits per heavy atom. The van der Waals surface area contributed by atoms with E-state index in [2.05, 4.69) is 21.2 Å². The lowest BCUT2D eigenvalue weighted by atomic mass is 10.2. The maximum absolute atomic E-state index is 9.73. The molecule has 1 aromatic rings. The molecular weight excluding hydrogens is 254 g/mol. The lowest BCUT2D eigenvalue weighted by Gasteiger charge is -2.07. The van der Waals surface area contributed by atoms with Crippen molar-refractivity contribution < 1.29 is 5.11 Å². The van der Waals surface area contributed by atoms with E-state index in [0.29, 0.717) is 5.75 Å². The topological polar surface area (TPSA) is 32.3 Å². The molecule has 2 rings (SSSR count). The van der Waals surface area contributed by atoms with Crippen molar-refractivity contribution in [3.63, 3.8) is 0 Å². The first-order valence-corrected chi connectivity index (χ1v) is 6.24. The Labute approximate surface area is 98.8 Å². The molecule has 0 amide bonds. The van der Waals surface area contributed by atoms with E-state index in [1.807, 2.05) is 18.2 Å². The van der Waals surface area contributed by atoms with Crippen molar-refractivity contribution in [1.29, 1.82) is 0 Å². The average Bonchev–Trinajstić information content (AvgIpc) is 3.02. The van der Waals surface area contributed by atoms with Crippen LogP contribution in [-0.4, -0.2) is 11.7 Å². The van der Waals surface area contributed by atoms with Gasteiger partial charge in [0.05, 0.1) is 4.47 Å². The second kappa shape index (κ2) is 4.99. The molecule has 0 unspecified atom stereocenters. The van der Waals surface area contributed by atoms with Gasteiger partial charge in [-0.1, -0.05) is 25.0 Å². The molecule has 3 heteroatoms. The second-order valence-electron chi connectivity index (χ2n) is 4.16. The minimum absolute atomic E-state index is 0.358. The first-order valence-electron chi connectivity index (χ1n) is 5.44. The molecule has 0 heterocycles. The van der Waals surface area contributed by atoms with Gasteiger partial charge in [0.1, 0.15) is 5.75 Å². The Morgan fingerprint density at radius 3 is 2.93 bits per heavy atom. The largest absolute Gasteiger partial charge is 0.506 e. The predicted molar refractivity (Wildman–Crippen MR) is 64.9 cm³/mol. The minimum Gasteiger partial charge on any atom is -0.506 e. The van der Waals surface area contributed by atoms with Crippen molar-refractivity contribution in [2.75, 3.05) is 6.54 Å². The molecule has 82 valence electrons. The van der Waals surface area contributed by atoms with E-state index in [1.165, 1.54) is 19.3 Å². The second-order valence-corrected chi connectivity index (χ2v) is 5.01. The van der Waals surface area contributed by atoms with E-state index < -0.39 is 0 Å². The van der Waals surface area contributed by atoms with Crippen molar-refractivity contribution in [3.05, 3.63) is 28.2 Å². The molecule has 0 atom stereocenters. The summed E-state index contributed by atoms with van der Waals surface area (Å²) < 4.78 is 0.768. The van der Waals surface area contributed by atoms with E-state index in [-0.39, 0.29) is 0 Å². The van der Waals surface area contributed by atoms with Crippen molar-refractivity contribution in [2.24, 2.45) is 5.92 Å². The van der Waals surface area contributed by atoms with Crippen LogP contribution in [-0.2, 0) is 6.54 Å². The van der Waals surface area contributed by atoms with Gasteiger partial charge in [0.25, 0.3) is 0 Å². The molecule has 0 aromatic heterocycles. The molecule has 2 nitrogen and oxygen atoms in total. The van der Waals surface area contributed by atoms with Gasteiger partial charge in [-0.05, 0) is 40.9 Å². The van der Waals surface area contributed by atoms with Gasteiger partial charge in [-0.25, -0.2) is 0 Å². The highest BCUT2D eigenvalue weighted by molar-refractivity contribution is 9.10. The van der Waals surface area contributed by atoms with Gasteiger partial charge >= 0.3 is 0 Å². The van der Waals surface area contributed by atoms with E-state index in [1.54, 1.807) is 0 Å². The van der Waals surface area contributed by atoms with Gasteiger partial charge in [-0.15, -0.1) is 0 Å². The average molecular weight is 270 g/mol. The predicted octanol–water partition coefficient (Wildman–Crippen LogP) is 3.04. The first kappa shape index (κ1) is 11.0. The Hall–Kier alpha value is -0.540. The van der Waals surface area contributed by atoms with Crippen LogP contribution in [0.5, 0.6) is 5.75 Å². The van der Waals surface area contributed by atoms with Crippen LogP contribution in [0, 0.1) is 5.92 Å². The van der Waals surface area contributed by atoms with Gasteiger partial charge in [0.2, 0.25) is 0 Å². The third-order valence-electron chi connectivity index (χ3n) is 2.81. The highest BCUT2D eigenvalue weighted by Gasteiger charge is 2.19. The zero-order chi connectivity index (χ0) is 10.7. The number of hydrogen-bond acceptors (Lipinski definition) is 2. The zero-order valence-electron chi connectivity index (χ0n) is 8.67. The van der Waals surface area contributed by atoms with E-state index in [0.717, 1.165) is 29.0 Å². The summed E-state index contributed by atoms with van der Waals surface area (Å²) in [6, 6.07) is 5.74. The summed E-state index contributed by atoms with van der Waals surface area (Å²) in [6.45, 7) is 1.80. The van der Waals surface area contributed by atoms with Crippen LogP contribution < -0.4 is 5.32 Å². The summed E-state index contributed by atoms with van der Waals surface area (Å²) in [6.07, 6.45) is 4.09. The quantitative estimate of drug-likeness (QED) is 0.806. The van der Waals surface area contributed by atoms with Crippen LogP contribution in [0.25, 0.3) is 0 Å². The third kappa shape index (κ3) is 3.21. The number of rotatable bonds is 5. The Balaban J connectivity index is 1.78. The van der Waals surface area contributed by atoms with Crippen LogP contribution in [0.15, 0.2) is 22.7 Å². The fourth-order valence-corrected chi connectivity index (χ4v) is 2.05. The standard InChI is InChI=1S/C12H16BrNO/c13-11-3-1-2-10(12(11)15)8-14-7-6-9-4-5-9/h1-3,9,14-15H,4-8H2.